The molecule has 1 aromatic heterocycles. The first-order valence-electron chi connectivity index (χ1n) is 9.14. The zero-order valence-electron chi connectivity index (χ0n) is 16.9. The van der Waals surface area contributed by atoms with Crippen LogP contribution in [-0.4, -0.2) is 40.5 Å². The SMILES string of the molecule is COC(=O)[C@H]1Oc2c(c(=O)oc3ccccc23)[C@H]1c1cc(OC)c(OC)c(OC)c1. The van der Waals surface area contributed by atoms with Crippen LogP contribution in [0.3, 0.4) is 0 Å². The summed E-state index contributed by atoms with van der Waals surface area (Å²) in [4.78, 5) is 25.5. The summed E-state index contributed by atoms with van der Waals surface area (Å²) in [6.07, 6.45) is -1.08. The number of fused-ring (bicyclic) bond motifs is 3. The van der Waals surface area contributed by atoms with E-state index in [-0.39, 0.29) is 5.56 Å². The summed E-state index contributed by atoms with van der Waals surface area (Å²) in [7, 11) is 5.73. The van der Waals surface area contributed by atoms with Crippen LogP contribution in [0.25, 0.3) is 11.0 Å². The van der Waals surface area contributed by atoms with Crippen molar-refractivity contribution in [3.63, 3.8) is 0 Å². The molecule has 0 fully saturated rings. The Hall–Kier alpha value is -3.68. The molecular formula is C22H20O8. The van der Waals surface area contributed by atoms with E-state index in [0.717, 1.165) is 0 Å². The van der Waals surface area contributed by atoms with Crippen LogP contribution >= 0.6 is 0 Å². The summed E-state index contributed by atoms with van der Waals surface area (Å²) >= 11 is 0. The van der Waals surface area contributed by atoms with Crippen molar-refractivity contribution in [2.75, 3.05) is 28.4 Å². The molecule has 0 aliphatic carbocycles. The molecule has 0 radical (unpaired) electrons. The van der Waals surface area contributed by atoms with Gasteiger partial charge in [0.2, 0.25) is 11.9 Å². The standard InChI is InChI=1S/C22H20O8/c1-25-14-9-11(10-15(26-2)19(14)27-3)16-17-18(30-20(16)22(24)28-4)12-7-5-6-8-13(12)29-21(17)23/h5-10,16,20H,1-4H3/t16-,20+/m1/s1. The number of methoxy groups -OCH3 is 4. The van der Waals surface area contributed by atoms with Crippen molar-refractivity contribution in [1.29, 1.82) is 0 Å². The van der Waals surface area contributed by atoms with E-state index < -0.39 is 23.6 Å². The van der Waals surface area contributed by atoms with Crippen LogP contribution in [0, 0.1) is 0 Å². The summed E-state index contributed by atoms with van der Waals surface area (Å²) in [5.41, 5.74) is 0.573. The Morgan fingerprint density at radius 2 is 1.63 bits per heavy atom. The molecule has 3 aromatic rings. The third-order valence-corrected chi connectivity index (χ3v) is 5.14. The van der Waals surface area contributed by atoms with E-state index in [1.807, 2.05) is 0 Å². The number of rotatable bonds is 5. The first-order chi connectivity index (χ1) is 14.5. The van der Waals surface area contributed by atoms with Gasteiger partial charge >= 0.3 is 11.6 Å². The van der Waals surface area contributed by atoms with Gasteiger partial charge in [-0.05, 0) is 29.8 Å². The van der Waals surface area contributed by atoms with Gasteiger partial charge in [0.25, 0.3) is 0 Å². The molecule has 0 saturated carbocycles. The molecule has 0 amide bonds. The Morgan fingerprint density at radius 3 is 2.23 bits per heavy atom. The minimum Gasteiger partial charge on any atom is -0.493 e. The second-order valence-corrected chi connectivity index (χ2v) is 6.63. The fourth-order valence-electron chi connectivity index (χ4n) is 3.80. The van der Waals surface area contributed by atoms with Gasteiger partial charge in [0.05, 0.1) is 45.3 Å². The van der Waals surface area contributed by atoms with Crippen molar-refractivity contribution in [3.05, 3.63) is 57.9 Å². The average molecular weight is 412 g/mol. The summed E-state index contributed by atoms with van der Waals surface area (Å²) in [6, 6.07) is 10.3. The van der Waals surface area contributed by atoms with E-state index in [4.69, 9.17) is 28.1 Å². The van der Waals surface area contributed by atoms with Crippen molar-refractivity contribution in [3.8, 4) is 23.0 Å². The largest absolute Gasteiger partial charge is 0.493 e. The topological polar surface area (TPSA) is 93.4 Å². The van der Waals surface area contributed by atoms with Crippen molar-refractivity contribution in [2.24, 2.45) is 0 Å². The summed E-state index contributed by atoms with van der Waals surface area (Å²) < 4.78 is 32.6. The van der Waals surface area contributed by atoms with Crippen LogP contribution in [0.2, 0.25) is 0 Å². The summed E-state index contributed by atoms with van der Waals surface area (Å²) in [5, 5.41) is 0.593. The molecule has 2 aromatic carbocycles. The highest BCUT2D eigenvalue weighted by atomic mass is 16.6. The lowest BCUT2D eigenvalue weighted by molar-refractivity contribution is -0.148. The van der Waals surface area contributed by atoms with E-state index in [9.17, 15) is 9.59 Å². The molecule has 0 spiro atoms. The second-order valence-electron chi connectivity index (χ2n) is 6.63. The lowest BCUT2D eigenvalue weighted by Crippen LogP contribution is -2.31. The van der Waals surface area contributed by atoms with Gasteiger partial charge in [-0.25, -0.2) is 9.59 Å². The molecule has 0 N–H and O–H groups in total. The summed E-state index contributed by atoms with van der Waals surface area (Å²) in [6.45, 7) is 0. The van der Waals surface area contributed by atoms with Gasteiger partial charge in [-0.2, -0.15) is 0 Å². The summed E-state index contributed by atoms with van der Waals surface area (Å²) in [5.74, 6) is 0.0534. The smallest absolute Gasteiger partial charge is 0.348 e. The predicted octanol–water partition coefficient (Wildman–Crippen LogP) is 2.88. The lowest BCUT2D eigenvalue weighted by atomic mass is 9.88. The molecule has 1 aliphatic heterocycles. The molecule has 30 heavy (non-hydrogen) atoms. The predicted molar refractivity (Wildman–Crippen MR) is 107 cm³/mol. The Bertz CT molecular complexity index is 1150. The molecule has 0 unspecified atom stereocenters. The molecule has 0 bridgehead atoms. The number of carbonyl (C=O) groups excluding carboxylic acids is 1. The highest BCUT2D eigenvalue weighted by molar-refractivity contribution is 5.88. The number of para-hydroxylation sites is 1. The van der Waals surface area contributed by atoms with Crippen molar-refractivity contribution in [1.82, 2.24) is 0 Å². The minimum absolute atomic E-state index is 0.235. The molecule has 0 saturated heterocycles. The molecule has 8 nitrogen and oxygen atoms in total. The highest BCUT2D eigenvalue weighted by Gasteiger charge is 2.45. The number of hydrogen-bond acceptors (Lipinski definition) is 8. The Kier molecular flexibility index (Phi) is 4.99. The molecule has 2 heterocycles. The quantitative estimate of drug-likeness (QED) is 0.467. The van der Waals surface area contributed by atoms with Crippen LogP contribution in [0.5, 0.6) is 23.0 Å². The van der Waals surface area contributed by atoms with Crippen molar-refractivity contribution < 1.29 is 32.9 Å². The van der Waals surface area contributed by atoms with Gasteiger partial charge in [-0.1, -0.05) is 12.1 Å². The van der Waals surface area contributed by atoms with Crippen molar-refractivity contribution >= 4 is 16.9 Å². The van der Waals surface area contributed by atoms with Crippen LogP contribution in [0.1, 0.15) is 17.0 Å². The lowest BCUT2D eigenvalue weighted by Gasteiger charge is -2.20. The molecule has 156 valence electrons. The number of carbonyl (C=O) groups is 1. The monoisotopic (exact) mass is 412 g/mol. The van der Waals surface area contributed by atoms with Crippen LogP contribution in [0.4, 0.5) is 0 Å². The number of ether oxygens (including phenoxy) is 5. The molecule has 4 rings (SSSR count). The minimum atomic E-state index is -1.08. The van der Waals surface area contributed by atoms with Gasteiger partial charge in [0, 0.05) is 0 Å². The Labute approximate surface area is 171 Å². The molecule has 1 aliphatic rings. The molecule has 8 heteroatoms. The molecule has 2 atom stereocenters. The van der Waals surface area contributed by atoms with E-state index in [1.54, 1.807) is 36.4 Å². The van der Waals surface area contributed by atoms with Gasteiger partial charge in [0.1, 0.15) is 11.3 Å². The van der Waals surface area contributed by atoms with Gasteiger partial charge in [-0.3, -0.25) is 0 Å². The first kappa shape index (κ1) is 19.6. The maximum Gasteiger partial charge on any atom is 0.348 e. The average Bonchev–Trinajstić information content (AvgIpc) is 3.19. The van der Waals surface area contributed by atoms with E-state index in [2.05, 4.69) is 0 Å². The highest BCUT2D eigenvalue weighted by Crippen LogP contribution is 2.48. The van der Waals surface area contributed by atoms with E-state index in [1.165, 1.54) is 28.4 Å². The zero-order chi connectivity index (χ0) is 21.4. The number of esters is 1. The van der Waals surface area contributed by atoms with Crippen LogP contribution in [0.15, 0.2) is 45.6 Å². The fourth-order valence-corrected chi connectivity index (χ4v) is 3.80. The molecular weight excluding hydrogens is 392 g/mol. The van der Waals surface area contributed by atoms with E-state index in [0.29, 0.717) is 39.5 Å². The third kappa shape index (κ3) is 2.92. The maximum absolute atomic E-state index is 12.9. The number of hydrogen-bond donors (Lipinski definition) is 0. The normalized spacial score (nSPS) is 17.2. The zero-order valence-corrected chi connectivity index (χ0v) is 16.9. The van der Waals surface area contributed by atoms with Gasteiger partial charge in [-0.15, -0.1) is 0 Å². The van der Waals surface area contributed by atoms with Crippen LogP contribution < -0.4 is 24.6 Å². The van der Waals surface area contributed by atoms with Crippen LogP contribution in [-0.2, 0) is 9.53 Å². The van der Waals surface area contributed by atoms with Crippen molar-refractivity contribution in [2.45, 2.75) is 12.0 Å². The first-order valence-corrected chi connectivity index (χ1v) is 9.14. The Morgan fingerprint density at radius 1 is 0.967 bits per heavy atom. The second kappa shape index (κ2) is 7.62. The maximum atomic E-state index is 12.9. The van der Waals surface area contributed by atoms with Gasteiger partial charge in [0.15, 0.2) is 11.5 Å². The third-order valence-electron chi connectivity index (χ3n) is 5.14. The Balaban J connectivity index is 2.00. The van der Waals surface area contributed by atoms with E-state index >= 15 is 0 Å². The fraction of sp³-hybridized carbons (Fsp3) is 0.273. The number of benzene rings is 2. The van der Waals surface area contributed by atoms with Gasteiger partial charge < -0.3 is 28.1 Å².